The van der Waals surface area contributed by atoms with Crippen molar-refractivity contribution in [2.75, 3.05) is 13.7 Å². The molecule has 8 nitrogen and oxygen atoms in total. The molecule has 7 N–H and O–H groups in total. The van der Waals surface area contributed by atoms with Gasteiger partial charge in [-0.25, -0.2) is 0 Å². The number of aliphatic carboxylic acids is 1. The van der Waals surface area contributed by atoms with E-state index in [2.05, 4.69) is 9.73 Å². The van der Waals surface area contributed by atoms with Gasteiger partial charge in [0.25, 0.3) is 0 Å². The maximum absolute atomic E-state index is 10.8. The molecule has 1 unspecified atom stereocenters. The first-order valence-electron chi connectivity index (χ1n) is 7.01. The normalized spacial score (nSPS) is 10.7. The largest absolute Gasteiger partial charge is 0.480 e. The van der Waals surface area contributed by atoms with Crippen LogP contribution >= 0.6 is 0 Å². The smallest absolute Gasteiger partial charge is 0.320 e. The molecule has 1 aromatic rings. The summed E-state index contributed by atoms with van der Waals surface area (Å²) in [5.41, 5.74) is 16.3. The van der Waals surface area contributed by atoms with Gasteiger partial charge in [0.05, 0.1) is 13.5 Å². The number of carboxylic acid groups (broad SMARTS) is 1. The molecule has 1 rings (SSSR count). The van der Waals surface area contributed by atoms with Gasteiger partial charge in [0.1, 0.15) is 6.04 Å². The summed E-state index contributed by atoms with van der Waals surface area (Å²) < 4.78 is 4.52. The number of esters is 1. The van der Waals surface area contributed by atoms with Crippen molar-refractivity contribution in [1.29, 1.82) is 0 Å². The standard InChI is InChI=1S/C9H10O2.C6H14N4O2/c1-11-9(10)7-8-5-3-2-4-6-8;7-4(5(11)12)2-1-3-10-6(8)9/h2-6H,7H2,1H3;4H,1-3,7H2,(H,11,12)(H4,8,9,10). The summed E-state index contributed by atoms with van der Waals surface area (Å²) in [7, 11) is 1.39. The molecule has 0 aliphatic heterocycles. The highest BCUT2D eigenvalue weighted by atomic mass is 16.5. The van der Waals surface area contributed by atoms with E-state index in [-0.39, 0.29) is 11.9 Å². The molecule has 0 radical (unpaired) electrons. The van der Waals surface area contributed by atoms with E-state index in [1.165, 1.54) is 7.11 Å². The fraction of sp³-hybridized carbons (Fsp3) is 0.400. The Bertz CT molecular complexity index is 501. The zero-order valence-electron chi connectivity index (χ0n) is 13.1. The van der Waals surface area contributed by atoms with Gasteiger partial charge >= 0.3 is 11.9 Å². The number of carbonyl (C=O) groups excluding carboxylic acids is 1. The van der Waals surface area contributed by atoms with Gasteiger partial charge in [-0.05, 0) is 18.4 Å². The SMILES string of the molecule is COC(=O)Cc1ccccc1.NC(N)=NCCCC(N)C(=O)O. The molecule has 0 bridgehead atoms. The van der Waals surface area contributed by atoms with Crippen LogP contribution in [0.1, 0.15) is 18.4 Å². The van der Waals surface area contributed by atoms with E-state index in [1.807, 2.05) is 30.3 Å². The second-order valence-electron chi connectivity index (χ2n) is 4.63. The van der Waals surface area contributed by atoms with Crippen molar-refractivity contribution >= 4 is 17.9 Å². The van der Waals surface area contributed by atoms with Crippen molar-refractivity contribution in [3.05, 3.63) is 35.9 Å². The van der Waals surface area contributed by atoms with Crippen molar-refractivity contribution in [2.24, 2.45) is 22.2 Å². The molecular formula is C15H24N4O4. The van der Waals surface area contributed by atoms with Crippen LogP contribution in [0.3, 0.4) is 0 Å². The maximum atomic E-state index is 10.8. The Morgan fingerprint density at radius 3 is 2.35 bits per heavy atom. The first-order chi connectivity index (χ1) is 10.9. The number of methoxy groups -OCH3 is 1. The first kappa shape index (κ1) is 20.4. The van der Waals surface area contributed by atoms with E-state index in [0.717, 1.165) is 5.56 Å². The highest BCUT2D eigenvalue weighted by Crippen LogP contribution is 1.99. The molecule has 8 heteroatoms. The Hall–Kier alpha value is -2.61. The molecule has 0 saturated carbocycles. The Balaban J connectivity index is 0.000000422. The topological polar surface area (TPSA) is 154 Å². The number of carbonyl (C=O) groups is 2. The number of carboxylic acids is 1. The molecule has 128 valence electrons. The van der Waals surface area contributed by atoms with Gasteiger partial charge in [0.2, 0.25) is 0 Å². The summed E-state index contributed by atoms with van der Waals surface area (Å²) in [6.07, 6.45) is 1.31. The van der Waals surface area contributed by atoms with E-state index in [0.29, 0.717) is 25.8 Å². The van der Waals surface area contributed by atoms with Gasteiger partial charge in [0, 0.05) is 6.54 Å². The number of nitrogens with two attached hydrogens (primary N) is 3. The molecule has 0 fully saturated rings. The zero-order valence-corrected chi connectivity index (χ0v) is 13.1. The second-order valence-corrected chi connectivity index (χ2v) is 4.63. The van der Waals surface area contributed by atoms with Crippen LogP contribution < -0.4 is 17.2 Å². The third-order valence-corrected chi connectivity index (χ3v) is 2.70. The second kappa shape index (κ2) is 12.0. The van der Waals surface area contributed by atoms with Crippen molar-refractivity contribution in [1.82, 2.24) is 0 Å². The van der Waals surface area contributed by atoms with Crippen molar-refractivity contribution in [3.8, 4) is 0 Å². The summed E-state index contributed by atoms with van der Waals surface area (Å²) in [6.45, 7) is 0.420. The number of hydrogen-bond acceptors (Lipinski definition) is 5. The predicted molar refractivity (Wildman–Crippen MR) is 87.7 cm³/mol. The molecule has 1 aromatic carbocycles. The number of ether oxygens (including phenoxy) is 1. The highest BCUT2D eigenvalue weighted by Gasteiger charge is 2.09. The van der Waals surface area contributed by atoms with Gasteiger partial charge in [-0.2, -0.15) is 0 Å². The maximum Gasteiger partial charge on any atom is 0.320 e. The van der Waals surface area contributed by atoms with E-state index in [9.17, 15) is 9.59 Å². The number of hydrogen-bond donors (Lipinski definition) is 4. The Morgan fingerprint density at radius 2 is 1.87 bits per heavy atom. The Kier molecular flexibility index (Phi) is 10.6. The number of guanidine groups is 1. The van der Waals surface area contributed by atoms with Crippen LogP contribution in [-0.2, 0) is 20.7 Å². The lowest BCUT2D eigenvalue weighted by molar-refractivity contribution is -0.140. The summed E-state index contributed by atoms with van der Waals surface area (Å²) in [5.74, 6) is -1.19. The van der Waals surface area contributed by atoms with Gasteiger partial charge in [-0.3, -0.25) is 14.6 Å². The van der Waals surface area contributed by atoms with E-state index in [1.54, 1.807) is 0 Å². The molecule has 0 aliphatic rings. The summed E-state index contributed by atoms with van der Waals surface area (Å²) in [4.78, 5) is 24.7. The summed E-state index contributed by atoms with van der Waals surface area (Å²) in [5, 5.41) is 8.38. The van der Waals surface area contributed by atoms with E-state index >= 15 is 0 Å². The number of benzene rings is 1. The van der Waals surface area contributed by atoms with Crippen LogP contribution in [0, 0.1) is 0 Å². The molecule has 0 heterocycles. The van der Waals surface area contributed by atoms with Crippen LogP contribution in [0.25, 0.3) is 0 Å². The Labute approximate surface area is 135 Å². The highest BCUT2D eigenvalue weighted by molar-refractivity contribution is 5.75. The van der Waals surface area contributed by atoms with Crippen LogP contribution in [-0.4, -0.2) is 42.7 Å². The fourth-order valence-corrected chi connectivity index (χ4v) is 1.48. The minimum absolute atomic E-state index is 0.0129. The monoisotopic (exact) mass is 324 g/mol. The fourth-order valence-electron chi connectivity index (χ4n) is 1.48. The lowest BCUT2D eigenvalue weighted by atomic mass is 10.2. The molecular weight excluding hydrogens is 300 g/mol. The molecule has 23 heavy (non-hydrogen) atoms. The Morgan fingerprint density at radius 1 is 1.26 bits per heavy atom. The zero-order chi connectivity index (χ0) is 17.7. The minimum Gasteiger partial charge on any atom is -0.480 e. The van der Waals surface area contributed by atoms with Crippen molar-refractivity contribution in [3.63, 3.8) is 0 Å². The number of nitrogens with zero attached hydrogens (tertiary/aromatic N) is 1. The quantitative estimate of drug-likeness (QED) is 0.235. The van der Waals surface area contributed by atoms with E-state index < -0.39 is 12.0 Å². The van der Waals surface area contributed by atoms with Gasteiger partial charge in [-0.1, -0.05) is 30.3 Å². The van der Waals surface area contributed by atoms with Crippen LogP contribution in [0.4, 0.5) is 0 Å². The summed E-state index contributed by atoms with van der Waals surface area (Å²) in [6, 6.07) is 8.70. The van der Waals surface area contributed by atoms with Crippen LogP contribution in [0.15, 0.2) is 35.3 Å². The third-order valence-electron chi connectivity index (χ3n) is 2.70. The summed E-state index contributed by atoms with van der Waals surface area (Å²) >= 11 is 0. The first-order valence-corrected chi connectivity index (χ1v) is 7.01. The number of rotatable bonds is 7. The van der Waals surface area contributed by atoms with Crippen LogP contribution in [0.5, 0.6) is 0 Å². The lowest BCUT2D eigenvalue weighted by Gasteiger charge is -2.03. The molecule has 0 amide bonds. The minimum atomic E-state index is -1.00. The van der Waals surface area contributed by atoms with Gasteiger partial charge in [0.15, 0.2) is 5.96 Å². The van der Waals surface area contributed by atoms with Gasteiger partial charge < -0.3 is 27.0 Å². The molecule has 0 spiro atoms. The average Bonchev–Trinajstić information content (AvgIpc) is 2.52. The van der Waals surface area contributed by atoms with Crippen molar-refractivity contribution < 1.29 is 19.4 Å². The predicted octanol–water partition coefficient (Wildman–Crippen LogP) is -0.146. The molecule has 0 aliphatic carbocycles. The molecule has 0 aromatic heterocycles. The van der Waals surface area contributed by atoms with Crippen molar-refractivity contribution in [2.45, 2.75) is 25.3 Å². The van der Waals surface area contributed by atoms with Gasteiger partial charge in [-0.15, -0.1) is 0 Å². The average molecular weight is 324 g/mol. The molecule has 1 atom stereocenters. The van der Waals surface area contributed by atoms with E-state index in [4.69, 9.17) is 22.3 Å². The molecule has 0 saturated heterocycles. The number of aliphatic imine (C=N–C) groups is 1. The lowest BCUT2D eigenvalue weighted by Crippen LogP contribution is -2.30. The third kappa shape index (κ3) is 11.7. The van der Waals surface area contributed by atoms with Crippen LogP contribution in [0.2, 0.25) is 0 Å².